The summed E-state index contributed by atoms with van der Waals surface area (Å²) in [5.74, 6) is 0.158. The fourth-order valence-corrected chi connectivity index (χ4v) is 1.89. The molecule has 4 nitrogen and oxygen atoms in total. The third kappa shape index (κ3) is 5.30. The third-order valence-corrected chi connectivity index (χ3v) is 3.03. The van der Waals surface area contributed by atoms with Crippen molar-refractivity contribution in [3.05, 3.63) is 29.8 Å². The van der Waals surface area contributed by atoms with Gasteiger partial charge in [0.05, 0.1) is 0 Å². The van der Waals surface area contributed by atoms with Crippen LogP contribution in [0, 0.1) is 0 Å². The first-order chi connectivity index (χ1) is 9.19. The van der Waals surface area contributed by atoms with Crippen LogP contribution in [-0.4, -0.2) is 30.6 Å². The molecule has 0 fully saturated rings. The highest BCUT2D eigenvalue weighted by atomic mass is 16.5. The van der Waals surface area contributed by atoms with Crippen molar-refractivity contribution in [3.63, 3.8) is 0 Å². The van der Waals surface area contributed by atoms with Gasteiger partial charge in [-0.1, -0.05) is 18.2 Å². The van der Waals surface area contributed by atoms with E-state index in [1.807, 2.05) is 43.0 Å². The van der Waals surface area contributed by atoms with Gasteiger partial charge in [-0.15, -0.1) is 0 Å². The van der Waals surface area contributed by atoms with Crippen molar-refractivity contribution < 1.29 is 9.53 Å². The number of carbonyl (C=O) groups is 1. The molecule has 0 spiro atoms. The molecule has 1 amide bonds. The average Bonchev–Trinajstić information content (AvgIpc) is 2.42. The zero-order valence-electron chi connectivity index (χ0n) is 11.9. The number of hydrogen-bond acceptors (Lipinski definition) is 3. The minimum absolute atomic E-state index is 0.158. The summed E-state index contributed by atoms with van der Waals surface area (Å²) in [7, 11) is 0. The number of anilines is 1. The molecule has 2 N–H and O–H groups in total. The molecule has 0 saturated carbocycles. The minimum Gasteiger partial charge on any atom is -0.398 e. The molecule has 1 aromatic rings. The van der Waals surface area contributed by atoms with E-state index >= 15 is 0 Å². The number of para-hydroxylation sites is 1. The number of hydrogen-bond donors (Lipinski definition) is 1. The Morgan fingerprint density at radius 1 is 1.32 bits per heavy atom. The zero-order valence-corrected chi connectivity index (χ0v) is 11.9. The SMILES string of the molecule is CCOCCCC(=O)N(CC)Cc1ccccc1N. The van der Waals surface area contributed by atoms with Crippen LogP contribution < -0.4 is 5.73 Å². The molecule has 19 heavy (non-hydrogen) atoms. The Hall–Kier alpha value is -1.55. The number of benzene rings is 1. The Morgan fingerprint density at radius 2 is 2.05 bits per heavy atom. The predicted molar refractivity (Wildman–Crippen MR) is 77.7 cm³/mol. The van der Waals surface area contributed by atoms with Crippen LogP contribution in [0.4, 0.5) is 5.69 Å². The number of nitrogens with two attached hydrogens (primary N) is 1. The molecular formula is C15H24N2O2. The summed E-state index contributed by atoms with van der Waals surface area (Å²) in [5.41, 5.74) is 7.65. The molecular weight excluding hydrogens is 240 g/mol. The zero-order chi connectivity index (χ0) is 14.1. The molecule has 0 aliphatic heterocycles. The predicted octanol–water partition coefficient (Wildman–Crippen LogP) is 2.43. The second-order valence-corrected chi connectivity index (χ2v) is 4.41. The Bertz CT molecular complexity index is 393. The first-order valence-electron chi connectivity index (χ1n) is 6.87. The molecule has 0 saturated heterocycles. The number of carbonyl (C=O) groups excluding carboxylic acids is 1. The maximum absolute atomic E-state index is 12.1. The minimum atomic E-state index is 0.158. The van der Waals surface area contributed by atoms with Gasteiger partial charge in [-0.05, 0) is 31.9 Å². The largest absolute Gasteiger partial charge is 0.398 e. The van der Waals surface area contributed by atoms with Crippen LogP contribution in [0.5, 0.6) is 0 Å². The van der Waals surface area contributed by atoms with E-state index in [4.69, 9.17) is 10.5 Å². The van der Waals surface area contributed by atoms with Crippen molar-refractivity contribution in [2.24, 2.45) is 0 Å². The van der Waals surface area contributed by atoms with Crippen LogP contribution in [0.25, 0.3) is 0 Å². The van der Waals surface area contributed by atoms with Crippen LogP contribution in [-0.2, 0) is 16.1 Å². The van der Waals surface area contributed by atoms with Crippen molar-refractivity contribution in [1.82, 2.24) is 4.90 Å². The van der Waals surface area contributed by atoms with Gasteiger partial charge < -0.3 is 15.4 Å². The van der Waals surface area contributed by atoms with E-state index in [0.717, 1.165) is 17.7 Å². The monoisotopic (exact) mass is 264 g/mol. The van der Waals surface area contributed by atoms with E-state index in [1.165, 1.54) is 0 Å². The quantitative estimate of drug-likeness (QED) is 0.579. The molecule has 0 heterocycles. The van der Waals surface area contributed by atoms with Crippen molar-refractivity contribution in [2.45, 2.75) is 33.2 Å². The van der Waals surface area contributed by atoms with E-state index in [0.29, 0.717) is 32.7 Å². The molecule has 0 aromatic heterocycles. The number of amides is 1. The van der Waals surface area contributed by atoms with Gasteiger partial charge in [-0.3, -0.25) is 4.79 Å². The Labute approximate surface area is 115 Å². The van der Waals surface area contributed by atoms with Crippen molar-refractivity contribution in [1.29, 1.82) is 0 Å². The van der Waals surface area contributed by atoms with Crippen LogP contribution in [0.3, 0.4) is 0 Å². The summed E-state index contributed by atoms with van der Waals surface area (Å²) < 4.78 is 5.24. The molecule has 0 radical (unpaired) electrons. The van der Waals surface area contributed by atoms with E-state index in [2.05, 4.69) is 0 Å². The van der Waals surface area contributed by atoms with Crippen LogP contribution in [0.2, 0.25) is 0 Å². The van der Waals surface area contributed by atoms with E-state index in [-0.39, 0.29) is 5.91 Å². The van der Waals surface area contributed by atoms with Crippen molar-refractivity contribution in [3.8, 4) is 0 Å². The van der Waals surface area contributed by atoms with Crippen LogP contribution >= 0.6 is 0 Å². The van der Waals surface area contributed by atoms with Gasteiger partial charge in [0.15, 0.2) is 0 Å². The standard InChI is InChI=1S/C15H24N2O2/c1-3-17(15(18)10-7-11-19-4-2)12-13-8-5-6-9-14(13)16/h5-6,8-9H,3-4,7,10-12,16H2,1-2H3. The molecule has 1 rings (SSSR count). The number of ether oxygens (including phenoxy) is 1. The topological polar surface area (TPSA) is 55.6 Å². The lowest BCUT2D eigenvalue weighted by atomic mass is 10.1. The number of nitrogen functional groups attached to an aromatic ring is 1. The number of rotatable bonds is 8. The summed E-state index contributed by atoms with van der Waals surface area (Å²) in [6.45, 7) is 6.57. The summed E-state index contributed by atoms with van der Waals surface area (Å²) in [4.78, 5) is 13.9. The maximum Gasteiger partial charge on any atom is 0.222 e. The smallest absolute Gasteiger partial charge is 0.222 e. The van der Waals surface area contributed by atoms with Crippen molar-refractivity contribution in [2.75, 3.05) is 25.5 Å². The molecule has 0 unspecified atom stereocenters. The molecule has 4 heteroatoms. The Balaban J connectivity index is 2.48. The lowest BCUT2D eigenvalue weighted by Crippen LogP contribution is -2.30. The summed E-state index contributed by atoms with van der Waals surface area (Å²) in [5, 5.41) is 0. The normalized spacial score (nSPS) is 10.4. The van der Waals surface area contributed by atoms with E-state index in [9.17, 15) is 4.79 Å². The molecule has 0 atom stereocenters. The first kappa shape index (κ1) is 15.5. The maximum atomic E-state index is 12.1. The highest BCUT2D eigenvalue weighted by Gasteiger charge is 2.12. The van der Waals surface area contributed by atoms with Gasteiger partial charge in [-0.2, -0.15) is 0 Å². The molecule has 0 aliphatic carbocycles. The average molecular weight is 264 g/mol. The van der Waals surface area contributed by atoms with Gasteiger partial charge in [-0.25, -0.2) is 0 Å². The third-order valence-electron chi connectivity index (χ3n) is 3.03. The van der Waals surface area contributed by atoms with Gasteiger partial charge in [0.25, 0.3) is 0 Å². The summed E-state index contributed by atoms with van der Waals surface area (Å²) in [6, 6.07) is 7.67. The number of nitrogens with zero attached hydrogens (tertiary/aromatic N) is 1. The van der Waals surface area contributed by atoms with Gasteiger partial charge in [0.2, 0.25) is 5.91 Å². The summed E-state index contributed by atoms with van der Waals surface area (Å²) in [6.07, 6.45) is 1.30. The second-order valence-electron chi connectivity index (χ2n) is 4.41. The van der Waals surface area contributed by atoms with Gasteiger partial charge in [0.1, 0.15) is 0 Å². The van der Waals surface area contributed by atoms with Crippen LogP contribution in [0.1, 0.15) is 32.3 Å². The molecule has 1 aromatic carbocycles. The fraction of sp³-hybridized carbons (Fsp3) is 0.533. The summed E-state index contributed by atoms with van der Waals surface area (Å²) >= 11 is 0. The van der Waals surface area contributed by atoms with Gasteiger partial charge >= 0.3 is 0 Å². The Kier molecular flexibility index (Phi) is 6.97. The highest BCUT2D eigenvalue weighted by Crippen LogP contribution is 2.14. The van der Waals surface area contributed by atoms with E-state index < -0.39 is 0 Å². The van der Waals surface area contributed by atoms with Crippen LogP contribution in [0.15, 0.2) is 24.3 Å². The van der Waals surface area contributed by atoms with Crippen molar-refractivity contribution >= 4 is 11.6 Å². The van der Waals surface area contributed by atoms with E-state index in [1.54, 1.807) is 0 Å². The second kappa shape index (κ2) is 8.53. The first-order valence-corrected chi connectivity index (χ1v) is 6.87. The highest BCUT2D eigenvalue weighted by molar-refractivity contribution is 5.76. The lowest BCUT2D eigenvalue weighted by Gasteiger charge is -2.21. The molecule has 0 aliphatic rings. The lowest BCUT2D eigenvalue weighted by molar-refractivity contribution is -0.131. The van der Waals surface area contributed by atoms with Gasteiger partial charge in [0, 0.05) is 38.4 Å². The molecule has 0 bridgehead atoms. The molecule has 106 valence electrons. The fourth-order valence-electron chi connectivity index (χ4n) is 1.89. The Morgan fingerprint density at radius 3 is 2.68 bits per heavy atom.